The summed E-state index contributed by atoms with van der Waals surface area (Å²) in [6.45, 7) is 2.99. The quantitative estimate of drug-likeness (QED) is 0.411. The summed E-state index contributed by atoms with van der Waals surface area (Å²) in [7, 11) is 0. The third kappa shape index (κ3) is 4.30. The van der Waals surface area contributed by atoms with E-state index in [1.165, 1.54) is 42.1 Å². The second-order valence-electron chi connectivity index (χ2n) is 10.5. The summed E-state index contributed by atoms with van der Waals surface area (Å²) in [4.78, 5) is 31.1. The Labute approximate surface area is 210 Å². The van der Waals surface area contributed by atoms with Gasteiger partial charge in [-0.05, 0) is 75.3 Å². The first-order valence-electron chi connectivity index (χ1n) is 13.1. The van der Waals surface area contributed by atoms with E-state index in [1.54, 1.807) is 0 Å². The van der Waals surface area contributed by atoms with E-state index in [9.17, 15) is 9.59 Å². The minimum atomic E-state index is -0.113. The maximum absolute atomic E-state index is 13.4. The molecule has 0 aromatic heterocycles. The monoisotopic (exact) mass is 491 g/mol. The number of para-hydroxylation sites is 1. The molecule has 8 heteroatoms. The number of hydrogen-bond acceptors (Lipinski definition) is 5. The second-order valence-corrected chi connectivity index (χ2v) is 11.5. The Balaban J connectivity index is 1.25. The van der Waals surface area contributed by atoms with Crippen LogP contribution in [0.25, 0.3) is 17.1 Å². The standard InChI is InChI=1S/C27H33N5O2S/c1-17(21-15-18-11-12-19(21)14-18)28-23(33)16-35-27-29-25-24(22-10-6-3-7-13-31(22)27)26(34)32(30-25)20-8-4-2-5-9-20/h2,4-5,8-9,17-19,21H,3,6-7,10-16H2,1H3,(H,28,33)/t17-,18-,19-,21-/m0/s1. The van der Waals surface area contributed by atoms with E-state index in [4.69, 9.17) is 4.98 Å². The molecule has 35 heavy (non-hydrogen) atoms. The van der Waals surface area contributed by atoms with Crippen molar-refractivity contribution in [2.75, 3.05) is 5.75 Å². The Morgan fingerprint density at radius 1 is 1.17 bits per heavy atom. The zero-order valence-electron chi connectivity index (χ0n) is 20.3. The lowest BCUT2D eigenvalue weighted by molar-refractivity contribution is -0.119. The fourth-order valence-electron chi connectivity index (χ4n) is 6.65. The zero-order chi connectivity index (χ0) is 23.9. The number of carbonyl (C=O) groups excluding carboxylic acids is 1. The van der Waals surface area contributed by atoms with Crippen molar-refractivity contribution in [3.8, 4) is 17.1 Å². The van der Waals surface area contributed by atoms with Crippen molar-refractivity contribution in [2.45, 2.75) is 76.0 Å². The van der Waals surface area contributed by atoms with Gasteiger partial charge in [0.25, 0.3) is 5.56 Å². The van der Waals surface area contributed by atoms with Crippen LogP contribution in [0.1, 0.15) is 57.6 Å². The number of thioether (sulfide) groups is 1. The Kier molecular flexibility index (Phi) is 6.16. The summed E-state index contributed by atoms with van der Waals surface area (Å²) >= 11 is 1.47. The first-order chi connectivity index (χ1) is 17.1. The van der Waals surface area contributed by atoms with Crippen molar-refractivity contribution in [2.24, 2.45) is 17.8 Å². The summed E-state index contributed by atoms with van der Waals surface area (Å²) in [6.07, 6.45) is 9.36. The fraction of sp³-hybridized carbons (Fsp3) is 0.556. The lowest BCUT2D eigenvalue weighted by Crippen LogP contribution is -2.41. The van der Waals surface area contributed by atoms with Crippen LogP contribution >= 0.6 is 11.8 Å². The van der Waals surface area contributed by atoms with Gasteiger partial charge in [0.2, 0.25) is 5.91 Å². The molecule has 2 saturated carbocycles. The van der Waals surface area contributed by atoms with Crippen molar-refractivity contribution < 1.29 is 4.79 Å². The summed E-state index contributed by atoms with van der Waals surface area (Å²) < 4.78 is 3.63. The molecule has 5 aliphatic rings. The number of fused-ring (bicyclic) bond motifs is 5. The molecular weight excluding hydrogens is 458 g/mol. The average molecular weight is 492 g/mol. The first-order valence-corrected chi connectivity index (χ1v) is 14.1. The van der Waals surface area contributed by atoms with Crippen LogP contribution in [0.2, 0.25) is 0 Å². The van der Waals surface area contributed by atoms with Crippen LogP contribution in [0.4, 0.5) is 0 Å². The number of hydrogen-bond donors (Lipinski definition) is 1. The molecular formula is C27H33N5O2S. The number of amides is 1. The number of nitrogens with zero attached hydrogens (tertiary/aromatic N) is 4. The van der Waals surface area contributed by atoms with Crippen LogP contribution in [-0.2, 0) is 17.8 Å². The first kappa shape index (κ1) is 22.8. The third-order valence-corrected chi connectivity index (χ3v) is 9.30. The van der Waals surface area contributed by atoms with Crippen LogP contribution in [0.15, 0.2) is 40.3 Å². The Hall–Kier alpha value is -2.61. The predicted molar refractivity (Wildman–Crippen MR) is 137 cm³/mol. The molecule has 4 atom stereocenters. The number of benzene rings is 1. The van der Waals surface area contributed by atoms with E-state index in [2.05, 4.69) is 21.9 Å². The van der Waals surface area contributed by atoms with Gasteiger partial charge in [0.05, 0.1) is 11.4 Å². The highest BCUT2D eigenvalue weighted by Gasteiger charge is 2.42. The molecule has 7 nitrogen and oxygen atoms in total. The molecule has 6 rings (SSSR count). The molecule has 2 bridgehead atoms. The van der Waals surface area contributed by atoms with Gasteiger partial charge in [0, 0.05) is 18.3 Å². The molecule has 1 aromatic carbocycles. The van der Waals surface area contributed by atoms with Gasteiger partial charge in [-0.25, -0.2) is 4.98 Å². The summed E-state index contributed by atoms with van der Waals surface area (Å²) in [6, 6.07) is 9.73. The molecule has 0 radical (unpaired) electrons. The van der Waals surface area contributed by atoms with Crippen molar-refractivity contribution in [1.82, 2.24) is 24.6 Å². The lowest BCUT2D eigenvalue weighted by atomic mass is 9.84. The van der Waals surface area contributed by atoms with Crippen molar-refractivity contribution >= 4 is 17.7 Å². The van der Waals surface area contributed by atoms with E-state index in [0.717, 1.165) is 60.6 Å². The number of nitrogens with one attached hydrogen (secondary N) is 1. The lowest BCUT2D eigenvalue weighted by Gasteiger charge is -2.28. The molecule has 3 aliphatic heterocycles. The molecule has 1 N–H and O–H groups in total. The van der Waals surface area contributed by atoms with E-state index in [0.29, 0.717) is 23.1 Å². The van der Waals surface area contributed by atoms with Crippen molar-refractivity contribution in [3.05, 3.63) is 46.4 Å². The van der Waals surface area contributed by atoms with E-state index in [1.807, 2.05) is 30.3 Å². The Morgan fingerprint density at radius 3 is 2.80 bits per heavy atom. The van der Waals surface area contributed by atoms with Crippen LogP contribution in [0.3, 0.4) is 0 Å². The van der Waals surface area contributed by atoms with Crippen LogP contribution in [0.5, 0.6) is 0 Å². The molecule has 2 fully saturated rings. The van der Waals surface area contributed by atoms with Crippen LogP contribution in [0, 0.1) is 17.8 Å². The maximum Gasteiger partial charge on any atom is 0.284 e. The van der Waals surface area contributed by atoms with Crippen molar-refractivity contribution in [3.63, 3.8) is 0 Å². The van der Waals surface area contributed by atoms with E-state index in [-0.39, 0.29) is 17.5 Å². The Bertz CT molecular complexity index is 1250. The van der Waals surface area contributed by atoms with Gasteiger partial charge in [-0.2, -0.15) is 4.68 Å². The molecule has 1 amide bonds. The second kappa shape index (κ2) is 9.45. The molecule has 0 saturated heterocycles. The number of rotatable bonds is 6. The highest BCUT2D eigenvalue weighted by atomic mass is 32.2. The van der Waals surface area contributed by atoms with Gasteiger partial charge in [-0.3, -0.25) is 9.59 Å². The summed E-state index contributed by atoms with van der Waals surface area (Å²) in [5.74, 6) is 3.16. The number of aromatic nitrogens is 4. The van der Waals surface area contributed by atoms with Gasteiger partial charge in [0.15, 0.2) is 11.0 Å². The molecule has 3 heterocycles. The molecule has 2 aliphatic carbocycles. The van der Waals surface area contributed by atoms with Gasteiger partial charge in [-0.15, -0.1) is 5.10 Å². The predicted octanol–water partition coefficient (Wildman–Crippen LogP) is 4.29. The largest absolute Gasteiger partial charge is 0.353 e. The normalized spacial score (nSPS) is 24.3. The van der Waals surface area contributed by atoms with E-state index < -0.39 is 0 Å². The van der Waals surface area contributed by atoms with Crippen molar-refractivity contribution in [1.29, 1.82) is 0 Å². The molecule has 184 valence electrons. The fourth-order valence-corrected chi connectivity index (χ4v) is 7.50. The molecule has 1 aromatic rings. The highest BCUT2D eigenvalue weighted by Crippen LogP contribution is 2.49. The van der Waals surface area contributed by atoms with E-state index >= 15 is 0 Å². The van der Waals surface area contributed by atoms with Gasteiger partial charge >= 0.3 is 0 Å². The SMILES string of the molecule is C[C@H](NC(=O)CSc1nc2nn(-c3ccccc3)c(=O)c-2c2n1CCCCC2)[C@@H]1C[C@H]2CC[C@H]1C2. The van der Waals surface area contributed by atoms with Gasteiger partial charge in [0.1, 0.15) is 5.56 Å². The smallest absolute Gasteiger partial charge is 0.284 e. The minimum absolute atomic E-state index is 0.0643. The highest BCUT2D eigenvalue weighted by molar-refractivity contribution is 7.99. The third-order valence-electron chi connectivity index (χ3n) is 8.32. The molecule has 0 unspecified atom stereocenters. The number of carbonyl (C=O) groups is 1. The molecule has 0 spiro atoms. The summed E-state index contributed by atoms with van der Waals surface area (Å²) in [5, 5.41) is 8.66. The zero-order valence-corrected chi connectivity index (χ0v) is 21.1. The Morgan fingerprint density at radius 2 is 2.03 bits per heavy atom. The van der Waals surface area contributed by atoms with Crippen LogP contribution in [-0.4, -0.2) is 37.0 Å². The maximum atomic E-state index is 13.4. The summed E-state index contributed by atoms with van der Waals surface area (Å²) in [5.41, 5.74) is 2.26. The van der Waals surface area contributed by atoms with Gasteiger partial charge in [-0.1, -0.05) is 42.8 Å². The topological polar surface area (TPSA) is 81.8 Å². The van der Waals surface area contributed by atoms with Gasteiger partial charge < -0.3 is 9.88 Å². The van der Waals surface area contributed by atoms with Crippen LogP contribution < -0.4 is 10.9 Å². The minimum Gasteiger partial charge on any atom is -0.353 e. The average Bonchev–Trinajstić information content (AvgIpc) is 3.53.